The lowest BCUT2D eigenvalue weighted by molar-refractivity contribution is -0.121. The maximum atomic E-state index is 12.2. The van der Waals surface area contributed by atoms with Gasteiger partial charge in [0.1, 0.15) is 12.1 Å². The largest absolute Gasteiger partial charge is 0.496 e. The predicted molar refractivity (Wildman–Crippen MR) is 83.6 cm³/mol. The Bertz CT molecular complexity index is 624. The molecule has 2 rings (SSSR count). The summed E-state index contributed by atoms with van der Waals surface area (Å²) < 4.78 is 7.23. The van der Waals surface area contributed by atoms with Crippen LogP contribution < -0.4 is 10.1 Å². The first-order chi connectivity index (χ1) is 10.7. The van der Waals surface area contributed by atoms with Gasteiger partial charge in [-0.05, 0) is 19.4 Å². The highest BCUT2D eigenvalue weighted by Gasteiger charge is 2.16. The standard InChI is InChI=1S/C16H22N4O2/c1-4-9-20-11-17-19-16(20)12(2)18-15(21)10-13-7-5-6-8-14(13)22-3/h5-8,11-12H,4,9-10H2,1-3H3,(H,18,21). The molecule has 1 N–H and O–H groups in total. The van der Waals surface area contributed by atoms with Crippen LogP contribution in [0.4, 0.5) is 0 Å². The molecule has 0 aliphatic carbocycles. The second-order valence-corrected chi connectivity index (χ2v) is 5.16. The van der Waals surface area contributed by atoms with Crippen LogP contribution in [0.3, 0.4) is 0 Å². The SMILES string of the molecule is CCCn1cnnc1C(C)NC(=O)Cc1ccccc1OC. The summed E-state index contributed by atoms with van der Waals surface area (Å²) in [6.45, 7) is 4.85. The fourth-order valence-corrected chi connectivity index (χ4v) is 2.39. The van der Waals surface area contributed by atoms with Crippen LogP contribution in [-0.2, 0) is 17.8 Å². The highest BCUT2D eigenvalue weighted by molar-refractivity contribution is 5.79. The van der Waals surface area contributed by atoms with E-state index in [4.69, 9.17) is 4.74 Å². The summed E-state index contributed by atoms with van der Waals surface area (Å²) in [5.74, 6) is 1.43. The molecule has 1 atom stereocenters. The summed E-state index contributed by atoms with van der Waals surface area (Å²) in [7, 11) is 1.60. The van der Waals surface area contributed by atoms with Crippen LogP contribution in [0.25, 0.3) is 0 Å². The van der Waals surface area contributed by atoms with Gasteiger partial charge in [-0.15, -0.1) is 10.2 Å². The number of para-hydroxylation sites is 1. The van der Waals surface area contributed by atoms with Crippen LogP contribution in [0.1, 0.15) is 37.7 Å². The van der Waals surface area contributed by atoms with E-state index in [1.807, 2.05) is 35.8 Å². The van der Waals surface area contributed by atoms with Crippen molar-refractivity contribution in [3.05, 3.63) is 42.0 Å². The van der Waals surface area contributed by atoms with Crippen molar-refractivity contribution in [3.63, 3.8) is 0 Å². The molecule has 0 fully saturated rings. The van der Waals surface area contributed by atoms with E-state index in [9.17, 15) is 4.79 Å². The Balaban J connectivity index is 2.00. The Hall–Kier alpha value is -2.37. The van der Waals surface area contributed by atoms with Crippen LogP contribution in [-0.4, -0.2) is 27.8 Å². The van der Waals surface area contributed by atoms with E-state index in [1.54, 1.807) is 13.4 Å². The van der Waals surface area contributed by atoms with Crippen molar-refractivity contribution in [2.75, 3.05) is 7.11 Å². The van der Waals surface area contributed by atoms with E-state index < -0.39 is 0 Å². The van der Waals surface area contributed by atoms with Crippen molar-refractivity contribution < 1.29 is 9.53 Å². The van der Waals surface area contributed by atoms with Crippen molar-refractivity contribution in [3.8, 4) is 5.75 Å². The lowest BCUT2D eigenvalue weighted by atomic mass is 10.1. The highest BCUT2D eigenvalue weighted by atomic mass is 16.5. The summed E-state index contributed by atoms with van der Waals surface area (Å²) in [5, 5.41) is 11.0. The van der Waals surface area contributed by atoms with Gasteiger partial charge in [0.05, 0.1) is 19.6 Å². The number of hydrogen-bond acceptors (Lipinski definition) is 4. The molecule has 1 amide bonds. The molecule has 0 saturated heterocycles. The van der Waals surface area contributed by atoms with Gasteiger partial charge in [-0.3, -0.25) is 4.79 Å². The zero-order valence-corrected chi connectivity index (χ0v) is 13.2. The van der Waals surface area contributed by atoms with Crippen molar-refractivity contribution in [2.45, 2.75) is 39.3 Å². The summed E-state index contributed by atoms with van der Waals surface area (Å²) >= 11 is 0. The number of ether oxygens (including phenoxy) is 1. The number of nitrogens with zero attached hydrogens (tertiary/aromatic N) is 3. The fraction of sp³-hybridized carbons (Fsp3) is 0.438. The van der Waals surface area contributed by atoms with Crippen LogP contribution >= 0.6 is 0 Å². The highest BCUT2D eigenvalue weighted by Crippen LogP contribution is 2.18. The molecule has 2 aromatic rings. The first-order valence-electron chi connectivity index (χ1n) is 7.44. The van der Waals surface area contributed by atoms with E-state index in [1.165, 1.54) is 0 Å². The van der Waals surface area contributed by atoms with E-state index in [2.05, 4.69) is 22.4 Å². The number of carbonyl (C=O) groups is 1. The van der Waals surface area contributed by atoms with Gasteiger partial charge in [0.15, 0.2) is 5.82 Å². The Morgan fingerprint density at radius 3 is 2.91 bits per heavy atom. The molecular formula is C16H22N4O2. The molecule has 0 aliphatic rings. The maximum Gasteiger partial charge on any atom is 0.225 e. The number of hydrogen-bond donors (Lipinski definition) is 1. The van der Waals surface area contributed by atoms with Crippen molar-refractivity contribution in [1.29, 1.82) is 0 Å². The van der Waals surface area contributed by atoms with Crippen LogP contribution in [0.5, 0.6) is 5.75 Å². The average Bonchev–Trinajstić information content (AvgIpc) is 2.96. The number of carbonyl (C=O) groups excluding carboxylic acids is 1. The molecular weight excluding hydrogens is 280 g/mol. The Labute approximate surface area is 130 Å². The summed E-state index contributed by atoms with van der Waals surface area (Å²) in [6.07, 6.45) is 2.96. The Kier molecular flexibility index (Phi) is 5.52. The van der Waals surface area contributed by atoms with Gasteiger partial charge >= 0.3 is 0 Å². The monoisotopic (exact) mass is 302 g/mol. The van der Waals surface area contributed by atoms with Crippen LogP contribution in [0.15, 0.2) is 30.6 Å². The molecule has 1 aromatic heterocycles. The molecule has 0 spiro atoms. The van der Waals surface area contributed by atoms with Crippen molar-refractivity contribution in [2.24, 2.45) is 0 Å². The number of nitrogens with one attached hydrogen (secondary N) is 1. The zero-order chi connectivity index (χ0) is 15.9. The summed E-state index contributed by atoms with van der Waals surface area (Å²) in [5.41, 5.74) is 0.865. The van der Waals surface area contributed by atoms with E-state index in [0.29, 0.717) is 0 Å². The molecule has 22 heavy (non-hydrogen) atoms. The van der Waals surface area contributed by atoms with Crippen molar-refractivity contribution >= 4 is 5.91 Å². The maximum absolute atomic E-state index is 12.2. The van der Waals surface area contributed by atoms with Crippen LogP contribution in [0.2, 0.25) is 0 Å². The molecule has 0 aliphatic heterocycles. The lowest BCUT2D eigenvalue weighted by Gasteiger charge is -2.15. The lowest BCUT2D eigenvalue weighted by Crippen LogP contribution is -2.30. The Morgan fingerprint density at radius 1 is 1.41 bits per heavy atom. The van der Waals surface area contributed by atoms with E-state index >= 15 is 0 Å². The number of rotatable bonds is 7. The molecule has 1 unspecified atom stereocenters. The smallest absolute Gasteiger partial charge is 0.225 e. The zero-order valence-electron chi connectivity index (χ0n) is 13.2. The predicted octanol–water partition coefficient (Wildman–Crippen LogP) is 2.12. The molecule has 0 saturated carbocycles. The first kappa shape index (κ1) is 16.0. The second-order valence-electron chi connectivity index (χ2n) is 5.16. The molecule has 118 valence electrons. The van der Waals surface area contributed by atoms with Gasteiger partial charge in [-0.25, -0.2) is 0 Å². The molecule has 6 nitrogen and oxygen atoms in total. The van der Waals surface area contributed by atoms with Gasteiger partial charge in [0.2, 0.25) is 5.91 Å². The molecule has 0 radical (unpaired) electrons. The third kappa shape index (κ3) is 3.84. The number of methoxy groups -OCH3 is 1. The van der Waals surface area contributed by atoms with Crippen LogP contribution in [0, 0.1) is 0 Å². The summed E-state index contributed by atoms with van der Waals surface area (Å²) in [4.78, 5) is 12.2. The minimum absolute atomic E-state index is 0.0666. The number of benzene rings is 1. The van der Waals surface area contributed by atoms with Crippen molar-refractivity contribution in [1.82, 2.24) is 20.1 Å². The Morgan fingerprint density at radius 2 is 2.18 bits per heavy atom. The number of aryl methyl sites for hydroxylation is 1. The van der Waals surface area contributed by atoms with Gasteiger partial charge in [0.25, 0.3) is 0 Å². The van der Waals surface area contributed by atoms with Gasteiger partial charge in [0, 0.05) is 12.1 Å². The topological polar surface area (TPSA) is 69.0 Å². The van der Waals surface area contributed by atoms with E-state index in [0.717, 1.165) is 30.1 Å². The number of aromatic nitrogens is 3. The molecule has 6 heteroatoms. The van der Waals surface area contributed by atoms with Gasteiger partial charge in [-0.2, -0.15) is 0 Å². The fourth-order valence-electron chi connectivity index (χ4n) is 2.39. The minimum atomic E-state index is -0.184. The van der Waals surface area contributed by atoms with Gasteiger partial charge in [-0.1, -0.05) is 25.1 Å². The normalized spacial score (nSPS) is 12.0. The second kappa shape index (κ2) is 7.59. The van der Waals surface area contributed by atoms with Gasteiger partial charge < -0.3 is 14.6 Å². The number of amides is 1. The quantitative estimate of drug-likeness (QED) is 0.850. The molecule has 1 aromatic carbocycles. The first-order valence-corrected chi connectivity index (χ1v) is 7.44. The van der Waals surface area contributed by atoms with E-state index in [-0.39, 0.29) is 18.4 Å². The third-order valence-corrected chi connectivity index (χ3v) is 3.42. The third-order valence-electron chi connectivity index (χ3n) is 3.42. The molecule has 0 bridgehead atoms. The summed E-state index contributed by atoms with van der Waals surface area (Å²) in [6, 6.07) is 7.34. The minimum Gasteiger partial charge on any atom is -0.496 e. The average molecular weight is 302 g/mol. The molecule has 1 heterocycles.